The Labute approximate surface area is 182 Å². The van der Waals surface area contributed by atoms with Crippen molar-refractivity contribution in [1.29, 1.82) is 0 Å². The van der Waals surface area contributed by atoms with E-state index in [-0.39, 0.29) is 12.0 Å². The molecule has 2 aliphatic carbocycles. The summed E-state index contributed by atoms with van der Waals surface area (Å²) in [4.78, 5) is 22.4. The van der Waals surface area contributed by atoms with Crippen LogP contribution in [0.2, 0.25) is 0 Å². The summed E-state index contributed by atoms with van der Waals surface area (Å²) in [6, 6.07) is 0. The van der Waals surface area contributed by atoms with Crippen LogP contribution in [0.4, 0.5) is 0 Å². The molecule has 0 aliphatic heterocycles. The summed E-state index contributed by atoms with van der Waals surface area (Å²) >= 11 is 0. The monoisotopic (exact) mass is 408 g/mol. The van der Waals surface area contributed by atoms with E-state index in [4.69, 9.17) is 4.74 Å². The van der Waals surface area contributed by atoms with Gasteiger partial charge >= 0.3 is 0 Å². The molecule has 1 fully saturated rings. The first kappa shape index (κ1) is 24.3. The lowest BCUT2D eigenvalue weighted by Crippen LogP contribution is -2.24. The minimum Gasteiger partial charge on any atom is -0.361 e. The third-order valence-corrected chi connectivity index (χ3v) is 6.76. The third kappa shape index (κ3) is 5.00. The van der Waals surface area contributed by atoms with Crippen LogP contribution in [-0.4, -0.2) is 24.8 Å². The van der Waals surface area contributed by atoms with Gasteiger partial charge in [0.2, 0.25) is 12.6 Å². The predicted octanol–water partition coefficient (Wildman–Crippen LogP) is 6.15. The molecule has 3 heteroatoms. The fraction of sp³-hybridized carbons (Fsp3) is 0.556. The Balaban J connectivity index is 1.93. The van der Waals surface area contributed by atoms with Gasteiger partial charge in [-0.3, -0.25) is 9.59 Å². The maximum Gasteiger partial charge on any atom is 0.234 e. The van der Waals surface area contributed by atoms with E-state index < -0.39 is 16.9 Å². The second-order valence-corrected chi connectivity index (χ2v) is 9.90. The van der Waals surface area contributed by atoms with E-state index in [0.717, 1.165) is 5.57 Å². The van der Waals surface area contributed by atoms with Gasteiger partial charge < -0.3 is 4.74 Å². The number of ether oxygens (including phenoxy) is 1. The topological polar surface area (TPSA) is 43.4 Å². The van der Waals surface area contributed by atoms with Gasteiger partial charge in [0, 0.05) is 5.41 Å². The van der Waals surface area contributed by atoms with E-state index in [1.165, 1.54) is 36.0 Å². The molecule has 2 atom stereocenters. The van der Waals surface area contributed by atoms with Crippen LogP contribution in [-0.2, 0) is 14.3 Å². The van der Waals surface area contributed by atoms with E-state index >= 15 is 0 Å². The van der Waals surface area contributed by atoms with Crippen molar-refractivity contribution in [3.05, 3.63) is 58.7 Å². The Bertz CT molecular complexity index is 817. The van der Waals surface area contributed by atoms with Crippen LogP contribution in [0.25, 0.3) is 0 Å². The highest BCUT2D eigenvalue weighted by Crippen LogP contribution is 2.61. The normalized spacial score (nSPS) is 29.0. The quantitative estimate of drug-likeness (QED) is 0.430. The molecule has 0 saturated heterocycles. The molecule has 2 rings (SSSR count). The molecule has 0 N–H and O–H groups in total. The maximum absolute atomic E-state index is 11.4. The van der Waals surface area contributed by atoms with Crippen molar-refractivity contribution in [3.8, 4) is 0 Å². The number of hydrogen-bond donors (Lipinski definition) is 0. The van der Waals surface area contributed by atoms with Gasteiger partial charge in [-0.25, -0.2) is 0 Å². The highest BCUT2D eigenvalue weighted by Gasteiger charge is 2.74. The largest absolute Gasteiger partial charge is 0.361 e. The molecule has 0 aromatic heterocycles. The van der Waals surface area contributed by atoms with Crippen molar-refractivity contribution >= 4 is 12.6 Å². The average Bonchev–Trinajstić information content (AvgIpc) is 3.14. The van der Waals surface area contributed by atoms with Crippen LogP contribution in [0.3, 0.4) is 0 Å². The van der Waals surface area contributed by atoms with Gasteiger partial charge in [-0.05, 0) is 51.0 Å². The average molecular weight is 409 g/mol. The summed E-state index contributed by atoms with van der Waals surface area (Å²) in [5.74, 6) is -0.544. The zero-order valence-corrected chi connectivity index (χ0v) is 19.6. The van der Waals surface area contributed by atoms with Crippen LogP contribution in [0, 0.1) is 16.7 Å². The van der Waals surface area contributed by atoms with E-state index in [2.05, 4.69) is 45.9 Å². The van der Waals surface area contributed by atoms with Crippen molar-refractivity contribution in [2.75, 3.05) is 6.61 Å². The van der Waals surface area contributed by atoms with Crippen molar-refractivity contribution in [2.24, 2.45) is 16.7 Å². The zero-order valence-electron chi connectivity index (χ0n) is 19.6. The highest BCUT2D eigenvalue weighted by atomic mass is 16.5. The first-order valence-corrected chi connectivity index (χ1v) is 10.8. The highest BCUT2D eigenvalue weighted by molar-refractivity contribution is 5.83. The third-order valence-electron chi connectivity index (χ3n) is 6.76. The number of rotatable bonds is 9. The zero-order chi connectivity index (χ0) is 22.6. The number of carbonyl (C=O) groups excluding carboxylic acids is 2. The standard InChI is InChI=1S/C27H36O3/c1-20(13-14-23-22(3)12-9-16-25(23,4)5)10-8-11-21(2)15-17-30-27(19-29)24(18-28)26(27,6)7/h8,10-11,13-15,24H,9,12,16-17H2,1-7H3. The van der Waals surface area contributed by atoms with Gasteiger partial charge in [-0.15, -0.1) is 0 Å². The summed E-state index contributed by atoms with van der Waals surface area (Å²) in [5, 5.41) is 0. The van der Waals surface area contributed by atoms with Crippen molar-refractivity contribution < 1.29 is 14.3 Å². The Morgan fingerprint density at radius 2 is 1.83 bits per heavy atom. The molecule has 30 heavy (non-hydrogen) atoms. The summed E-state index contributed by atoms with van der Waals surface area (Å²) in [6.45, 7) is 14.9. The molecule has 0 amide bonds. The Morgan fingerprint density at radius 3 is 2.40 bits per heavy atom. The van der Waals surface area contributed by atoms with Crippen molar-refractivity contribution in [2.45, 2.75) is 73.3 Å². The molecule has 0 bridgehead atoms. The van der Waals surface area contributed by atoms with Crippen LogP contribution in [0.15, 0.2) is 58.7 Å². The molecule has 1 saturated carbocycles. The van der Waals surface area contributed by atoms with E-state index in [0.29, 0.717) is 0 Å². The molecule has 0 heterocycles. The first-order chi connectivity index (χ1) is 14.0. The van der Waals surface area contributed by atoms with Crippen LogP contribution >= 0.6 is 0 Å². The van der Waals surface area contributed by atoms with Gasteiger partial charge in [0.25, 0.3) is 0 Å². The van der Waals surface area contributed by atoms with Gasteiger partial charge in [0.1, 0.15) is 0 Å². The molecule has 0 aromatic rings. The molecule has 3 nitrogen and oxygen atoms in total. The summed E-state index contributed by atoms with van der Waals surface area (Å²) in [6.07, 6.45) is 20.0. The van der Waals surface area contributed by atoms with Crippen molar-refractivity contribution in [3.63, 3.8) is 0 Å². The minimum absolute atomic E-state index is 0.251. The lowest BCUT2D eigenvalue weighted by Gasteiger charge is -2.32. The first-order valence-electron chi connectivity index (χ1n) is 10.8. The van der Waals surface area contributed by atoms with Crippen LogP contribution in [0.1, 0.15) is 67.7 Å². The molecule has 2 radical (unpaired) electrons. The molecule has 0 aromatic carbocycles. The maximum atomic E-state index is 11.4. The number of hydrogen-bond acceptors (Lipinski definition) is 3. The molecular weight excluding hydrogens is 372 g/mol. The minimum atomic E-state index is -1.16. The van der Waals surface area contributed by atoms with Gasteiger partial charge in [0.15, 0.2) is 5.60 Å². The Morgan fingerprint density at radius 1 is 1.13 bits per heavy atom. The smallest absolute Gasteiger partial charge is 0.234 e. The molecular formula is C27H36O3. The Hall–Kier alpha value is -2.00. The fourth-order valence-corrected chi connectivity index (χ4v) is 4.45. The lowest BCUT2D eigenvalue weighted by atomic mass is 9.72. The van der Waals surface area contributed by atoms with Crippen LogP contribution in [0.5, 0.6) is 0 Å². The summed E-state index contributed by atoms with van der Waals surface area (Å²) in [7, 11) is 0. The SMILES string of the molecule is CC(C=CC1=C(C)CCCC1(C)C)=CC=CC(C)=CCOC1([C]=O)C([C]=O)C1(C)C. The Kier molecular flexibility index (Phi) is 7.63. The van der Waals surface area contributed by atoms with Gasteiger partial charge in [0.05, 0.1) is 12.5 Å². The van der Waals surface area contributed by atoms with Gasteiger partial charge in [-0.1, -0.05) is 80.9 Å². The molecule has 2 unspecified atom stereocenters. The fourth-order valence-electron chi connectivity index (χ4n) is 4.45. The number of allylic oxidation sites excluding steroid dienone is 9. The van der Waals surface area contributed by atoms with E-state index in [9.17, 15) is 9.59 Å². The predicted molar refractivity (Wildman–Crippen MR) is 123 cm³/mol. The van der Waals surface area contributed by atoms with Crippen LogP contribution < -0.4 is 0 Å². The summed E-state index contributed by atoms with van der Waals surface area (Å²) in [5.41, 5.74) is 3.74. The van der Waals surface area contributed by atoms with E-state index in [1.54, 1.807) is 0 Å². The molecule has 162 valence electrons. The molecule has 0 spiro atoms. The van der Waals surface area contributed by atoms with Crippen molar-refractivity contribution in [1.82, 2.24) is 0 Å². The molecule has 2 aliphatic rings. The second kappa shape index (κ2) is 9.43. The van der Waals surface area contributed by atoms with E-state index in [1.807, 2.05) is 51.6 Å². The van der Waals surface area contributed by atoms with Gasteiger partial charge in [-0.2, -0.15) is 0 Å². The second-order valence-electron chi connectivity index (χ2n) is 9.90. The lowest BCUT2D eigenvalue weighted by molar-refractivity contribution is 0.0713. The summed E-state index contributed by atoms with van der Waals surface area (Å²) < 4.78 is 5.71.